The number of carbonyl (C=O) groups excluding carboxylic acids is 2. The van der Waals surface area contributed by atoms with Gasteiger partial charge in [0.25, 0.3) is 5.91 Å². The monoisotopic (exact) mass is 479 g/mol. The summed E-state index contributed by atoms with van der Waals surface area (Å²) < 4.78 is 14.6. The van der Waals surface area contributed by atoms with Crippen molar-refractivity contribution in [3.63, 3.8) is 0 Å². The lowest BCUT2D eigenvalue weighted by Gasteiger charge is -2.60. The number of hydrogen-bond acceptors (Lipinski definition) is 4. The number of imidazole rings is 1. The Morgan fingerprint density at radius 3 is 2.86 bits per heavy atom. The van der Waals surface area contributed by atoms with Crippen LogP contribution >= 0.6 is 0 Å². The second-order valence-electron chi connectivity index (χ2n) is 11.7. The van der Waals surface area contributed by atoms with Gasteiger partial charge in [-0.15, -0.1) is 0 Å². The summed E-state index contributed by atoms with van der Waals surface area (Å²) in [4.78, 5) is 39.3. The number of amides is 2. The highest BCUT2D eigenvalue weighted by atomic mass is 19.1. The summed E-state index contributed by atoms with van der Waals surface area (Å²) in [6, 6.07) is 3.84. The number of H-pyrrole nitrogens is 1. The molecule has 2 N–H and O–H groups in total. The molecule has 35 heavy (non-hydrogen) atoms. The number of likely N-dealkylation sites (N-methyl/N-ethyl adjacent to an activating group) is 1. The van der Waals surface area contributed by atoms with Gasteiger partial charge in [0.1, 0.15) is 5.82 Å². The van der Waals surface area contributed by atoms with Crippen LogP contribution in [0.2, 0.25) is 0 Å². The van der Waals surface area contributed by atoms with Crippen LogP contribution in [0.25, 0.3) is 11.2 Å². The van der Waals surface area contributed by atoms with E-state index in [1.54, 1.807) is 24.2 Å². The van der Waals surface area contributed by atoms with Crippen LogP contribution in [-0.2, 0) is 16.1 Å². The van der Waals surface area contributed by atoms with Gasteiger partial charge in [-0.1, -0.05) is 13.8 Å². The van der Waals surface area contributed by atoms with Crippen molar-refractivity contribution >= 4 is 23.0 Å². The number of aromatic amines is 1. The minimum Gasteiger partial charge on any atom is -0.349 e. The lowest BCUT2D eigenvalue weighted by molar-refractivity contribution is -0.145. The first-order chi connectivity index (χ1) is 16.7. The molecule has 3 aliphatic carbocycles. The number of pyridine rings is 1. The maximum absolute atomic E-state index is 14.6. The quantitative estimate of drug-likeness (QED) is 0.693. The smallest absolute Gasteiger partial charge is 0.282 e. The molecule has 1 aliphatic heterocycles. The van der Waals surface area contributed by atoms with Gasteiger partial charge in [-0.2, -0.15) is 0 Å². The molecule has 0 bridgehead atoms. The normalized spacial score (nSPS) is 38.5. The van der Waals surface area contributed by atoms with Gasteiger partial charge in [0.2, 0.25) is 5.91 Å². The number of hydrogen-bond donors (Lipinski definition) is 2. The fraction of sp³-hybridized carbons (Fsp3) is 0.630. The molecule has 2 aromatic rings. The van der Waals surface area contributed by atoms with Crippen LogP contribution in [0.15, 0.2) is 30.2 Å². The van der Waals surface area contributed by atoms with Gasteiger partial charge >= 0.3 is 0 Å². The van der Waals surface area contributed by atoms with Gasteiger partial charge in [0.15, 0.2) is 11.5 Å². The van der Waals surface area contributed by atoms with E-state index in [2.05, 4.69) is 34.1 Å². The molecule has 2 amide bonds. The van der Waals surface area contributed by atoms with Gasteiger partial charge in [-0.25, -0.2) is 14.4 Å². The summed E-state index contributed by atoms with van der Waals surface area (Å²) in [5.74, 6) is 0.954. The molecule has 7 nitrogen and oxygen atoms in total. The van der Waals surface area contributed by atoms with Crippen LogP contribution in [0.4, 0.5) is 4.39 Å². The van der Waals surface area contributed by atoms with E-state index in [-0.39, 0.29) is 28.7 Å². The van der Waals surface area contributed by atoms with Crippen LogP contribution < -0.4 is 5.32 Å². The molecule has 3 saturated carbocycles. The van der Waals surface area contributed by atoms with Crippen LogP contribution in [-0.4, -0.2) is 44.8 Å². The zero-order valence-corrected chi connectivity index (χ0v) is 20.7. The lowest BCUT2D eigenvalue weighted by Crippen LogP contribution is -2.60. The summed E-state index contributed by atoms with van der Waals surface area (Å²) in [6.45, 7) is 4.82. The fourth-order valence-electron chi connectivity index (χ4n) is 8.53. The molecule has 2 aromatic heterocycles. The van der Waals surface area contributed by atoms with Crippen molar-refractivity contribution in [3.05, 3.63) is 36.1 Å². The molecule has 6 rings (SSSR count). The highest BCUT2D eigenvalue weighted by molar-refractivity contribution is 5.92. The van der Waals surface area contributed by atoms with E-state index in [9.17, 15) is 14.0 Å². The third-order valence-corrected chi connectivity index (χ3v) is 10.2. The maximum Gasteiger partial charge on any atom is 0.282 e. The predicted octanol–water partition coefficient (Wildman–Crippen LogP) is 4.13. The van der Waals surface area contributed by atoms with Crippen molar-refractivity contribution in [1.82, 2.24) is 25.2 Å². The zero-order valence-electron chi connectivity index (χ0n) is 20.7. The summed E-state index contributed by atoms with van der Waals surface area (Å²) in [5.41, 5.74) is 1.13. The van der Waals surface area contributed by atoms with Crippen molar-refractivity contribution in [2.75, 3.05) is 7.05 Å². The Balaban J connectivity index is 1.19. The molecule has 8 heteroatoms. The standard InChI is InChI=1S/C27H34FN5O2/c1-26-11-10-17-15(6-9-21-27(17,2)13-19(28)25(35)33(21)3)16(26)7-8-18(26)24(34)30-14-22-31-20-5-4-12-29-23(20)32-22/h4-5,12-13,15-18,21H,6-11,14H2,1-3H3,(H,30,34)(H,29,31,32)/t15-,16-,17-,18+,21+,26-,27+/m1/s1. The Labute approximate surface area is 205 Å². The second-order valence-corrected chi connectivity index (χ2v) is 11.7. The molecule has 0 spiro atoms. The summed E-state index contributed by atoms with van der Waals surface area (Å²) in [7, 11) is 1.75. The molecule has 3 fully saturated rings. The number of fused-ring (bicyclic) bond motifs is 6. The lowest BCUT2D eigenvalue weighted by atomic mass is 9.47. The van der Waals surface area contributed by atoms with E-state index in [1.165, 1.54) is 0 Å². The van der Waals surface area contributed by atoms with Crippen molar-refractivity contribution in [3.8, 4) is 0 Å². The molecule has 0 unspecified atom stereocenters. The van der Waals surface area contributed by atoms with Crippen molar-refractivity contribution in [2.24, 2.45) is 34.5 Å². The van der Waals surface area contributed by atoms with E-state index in [4.69, 9.17) is 0 Å². The first-order valence-electron chi connectivity index (χ1n) is 12.9. The predicted molar refractivity (Wildman–Crippen MR) is 129 cm³/mol. The third kappa shape index (κ3) is 3.28. The molecule has 0 aromatic carbocycles. The van der Waals surface area contributed by atoms with E-state index >= 15 is 0 Å². The molecular weight excluding hydrogens is 445 g/mol. The maximum atomic E-state index is 14.6. The molecule has 0 saturated heterocycles. The Bertz CT molecular complexity index is 1190. The van der Waals surface area contributed by atoms with Gasteiger partial charge in [-0.3, -0.25) is 9.59 Å². The first kappa shape index (κ1) is 22.7. The van der Waals surface area contributed by atoms with Crippen LogP contribution in [0.5, 0.6) is 0 Å². The van der Waals surface area contributed by atoms with Crippen molar-refractivity contribution in [1.29, 1.82) is 0 Å². The van der Waals surface area contributed by atoms with Crippen molar-refractivity contribution < 1.29 is 14.0 Å². The average molecular weight is 480 g/mol. The largest absolute Gasteiger partial charge is 0.349 e. The number of carbonyl (C=O) groups is 2. The number of nitrogens with one attached hydrogen (secondary N) is 2. The van der Waals surface area contributed by atoms with E-state index < -0.39 is 11.7 Å². The molecule has 3 heterocycles. The molecule has 186 valence electrons. The molecule has 0 radical (unpaired) electrons. The average Bonchev–Trinajstić information content (AvgIpc) is 3.41. The number of aromatic nitrogens is 3. The highest BCUT2D eigenvalue weighted by Gasteiger charge is 2.62. The van der Waals surface area contributed by atoms with Crippen LogP contribution in [0, 0.1) is 34.5 Å². The van der Waals surface area contributed by atoms with Gasteiger partial charge in [-0.05, 0) is 79.9 Å². The molecular formula is C27H34FN5O2. The van der Waals surface area contributed by atoms with Gasteiger partial charge < -0.3 is 15.2 Å². The molecule has 7 atom stereocenters. The van der Waals surface area contributed by atoms with Gasteiger partial charge in [0.05, 0.1) is 12.1 Å². The Morgan fingerprint density at radius 2 is 2.06 bits per heavy atom. The SMILES string of the molecule is CN1C(=O)C(F)=C[C@@]2(C)[C@@H]3CC[C@]4(C)[C@H](CC[C@H]4C(=O)NCc4nc5ncccc5[nH]4)[C@H]3CC[C@H]12. The topological polar surface area (TPSA) is 91.0 Å². The fourth-order valence-corrected chi connectivity index (χ4v) is 8.53. The minimum absolute atomic E-state index is 0.0237. The van der Waals surface area contributed by atoms with Crippen LogP contribution in [0.3, 0.4) is 0 Å². The summed E-state index contributed by atoms with van der Waals surface area (Å²) in [6.07, 6.45) is 9.14. The summed E-state index contributed by atoms with van der Waals surface area (Å²) >= 11 is 0. The van der Waals surface area contributed by atoms with E-state index in [0.29, 0.717) is 35.8 Å². The van der Waals surface area contributed by atoms with E-state index in [1.807, 2.05) is 12.1 Å². The first-order valence-corrected chi connectivity index (χ1v) is 12.9. The number of nitrogens with zero attached hydrogens (tertiary/aromatic N) is 3. The Hall–Kier alpha value is -2.77. The highest BCUT2D eigenvalue weighted by Crippen LogP contribution is 2.65. The minimum atomic E-state index is -0.607. The van der Waals surface area contributed by atoms with Crippen molar-refractivity contribution in [2.45, 2.75) is 65.0 Å². The Kier molecular flexibility index (Phi) is 5.10. The van der Waals surface area contributed by atoms with Gasteiger partial charge in [0, 0.05) is 30.6 Å². The zero-order chi connectivity index (χ0) is 24.5. The summed E-state index contributed by atoms with van der Waals surface area (Å²) in [5, 5.41) is 3.14. The Morgan fingerprint density at radius 1 is 1.23 bits per heavy atom. The third-order valence-electron chi connectivity index (χ3n) is 10.2. The van der Waals surface area contributed by atoms with Crippen LogP contribution in [0.1, 0.15) is 58.2 Å². The second kappa shape index (κ2) is 7.87. The number of rotatable bonds is 3. The number of halogens is 1. The molecule has 4 aliphatic rings. The van der Waals surface area contributed by atoms with E-state index in [0.717, 1.165) is 44.0 Å².